The largest absolute Gasteiger partial charge is 0.394 e. The monoisotopic (exact) mass is 146 g/mol. The van der Waals surface area contributed by atoms with Crippen molar-refractivity contribution in [2.75, 3.05) is 13.2 Å². The van der Waals surface area contributed by atoms with Crippen molar-refractivity contribution in [1.29, 1.82) is 0 Å². The molecule has 1 aliphatic rings. The van der Waals surface area contributed by atoms with E-state index in [4.69, 9.17) is 14.9 Å². The third-order valence-electron chi connectivity index (χ3n) is 1.83. The van der Waals surface area contributed by atoms with Gasteiger partial charge in [-0.3, -0.25) is 0 Å². The lowest BCUT2D eigenvalue weighted by molar-refractivity contribution is -0.0783. The molecule has 0 unspecified atom stereocenters. The van der Waals surface area contributed by atoms with Gasteiger partial charge in [-0.1, -0.05) is 0 Å². The standard InChI is InChI=1S/C7H14O3/c8-5-6(9)7-3-1-2-4-10-7/h6-9H,1-5H2/t6-,7+/m0/s1. The molecule has 0 saturated carbocycles. The smallest absolute Gasteiger partial charge is 0.103 e. The summed E-state index contributed by atoms with van der Waals surface area (Å²) in [5.74, 6) is 0. The number of aliphatic hydroxyl groups is 2. The highest BCUT2D eigenvalue weighted by atomic mass is 16.5. The molecule has 3 nitrogen and oxygen atoms in total. The summed E-state index contributed by atoms with van der Waals surface area (Å²) < 4.78 is 5.22. The third-order valence-corrected chi connectivity index (χ3v) is 1.83. The SMILES string of the molecule is OC[C@H](O)[C@H]1CCCCO1. The Balaban J connectivity index is 2.24. The average molecular weight is 146 g/mol. The molecule has 3 heteroatoms. The second-order valence-corrected chi connectivity index (χ2v) is 2.65. The molecule has 0 aromatic carbocycles. The molecule has 0 spiro atoms. The first-order valence-corrected chi connectivity index (χ1v) is 3.75. The van der Waals surface area contributed by atoms with E-state index in [0.717, 1.165) is 25.9 Å². The van der Waals surface area contributed by atoms with Crippen molar-refractivity contribution in [3.63, 3.8) is 0 Å². The van der Waals surface area contributed by atoms with Crippen LogP contribution in [0, 0.1) is 0 Å². The van der Waals surface area contributed by atoms with Crippen molar-refractivity contribution in [3.05, 3.63) is 0 Å². The summed E-state index contributed by atoms with van der Waals surface area (Å²) in [6.45, 7) is 0.534. The molecule has 0 aromatic rings. The minimum absolute atomic E-state index is 0.126. The van der Waals surface area contributed by atoms with Gasteiger partial charge in [0.05, 0.1) is 12.7 Å². The van der Waals surface area contributed by atoms with Gasteiger partial charge in [0.15, 0.2) is 0 Å². The second-order valence-electron chi connectivity index (χ2n) is 2.65. The van der Waals surface area contributed by atoms with Crippen LogP contribution >= 0.6 is 0 Å². The average Bonchev–Trinajstić information content (AvgIpc) is 2.05. The number of aliphatic hydroxyl groups excluding tert-OH is 2. The van der Waals surface area contributed by atoms with E-state index >= 15 is 0 Å². The molecule has 0 radical (unpaired) electrons. The van der Waals surface area contributed by atoms with Crippen LogP contribution in [-0.4, -0.2) is 35.6 Å². The molecule has 0 aliphatic carbocycles. The van der Waals surface area contributed by atoms with Crippen LogP contribution < -0.4 is 0 Å². The van der Waals surface area contributed by atoms with E-state index in [1.165, 1.54) is 0 Å². The lowest BCUT2D eigenvalue weighted by atomic mass is 10.1. The zero-order chi connectivity index (χ0) is 7.40. The van der Waals surface area contributed by atoms with E-state index in [9.17, 15) is 0 Å². The predicted molar refractivity (Wildman–Crippen MR) is 36.7 cm³/mol. The van der Waals surface area contributed by atoms with E-state index in [0.29, 0.717) is 0 Å². The lowest BCUT2D eigenvalue weighted by Gasteiger charge is -2.25. The van der Waals surface area contributed by atoms with Crippen LogP contribution in [0.25, 0.3) is 0 Å². The summed E-state index contributed by atoms with van der Waals surface area (Å²) in [4.78, 5) is 0. The highest BCUT2D eigenvalue weighted by Crippen LogP contribution is 2.15. The van der Waals surface area contributed by atoms with Gasteiger partial charge < -0.3 is 14.9 Å². The number of ether oxygens (including phenoxy) is 1. The summed E-state index contributed by atoms with van der Waals surface area (Å²) in [6, 6.07) is 0. The quantitative estimate of drug-likeness (QED) is 0.572. The molecule has 0 aromatic heterocycles. The second kappa shape index (κ2) is 3.91. The molecule has 0 amide bonds. The summed E-state index contributed by atoms with van der Waals surface area (Å²) in [5.41, 5.74) is 0. The van der Waals surface area contributed by atoms with Gasteiger partial charge in [-0.25, -0.2) is 0 Å². The van der Waals surface area contributed by atoms with Crippen LogP contribution in [0.5, 0.6) is 0 Å². The van der Waals surface area contributed by atoms with Crippen molar-refractivity contribution in [2.24, 2.45) is 0 Å². The number of hydrogen-bond acceptors (Lipinski definition) is 3. The van der Waals surface area contributed by atoms with Crippen LogP contribution in [0.2, 0.25) is 0 Å². The molecule has 10 heavy (non-hydrogen) atoms. The Labute approximate surface area is 60.6 Å². The van der Waals surface area contributed by atoms with Gasteiger partial charge >= 0.3 is 0 Å². The minimum atomic E-state index is -0.680. The Morgan fingerprint density at radius 3 is 2.80 bits per heavy atom. The molecule has 1 rings (SSSR count). The van der Waals surface area contributed by atoms with Crippen molar-refractivity contribution < 1.29 is 14.9 Å². The van der Waals surface area contributed by atoms with E-state index in [2.05, 4.69) is 0 Å². The highest BCUT2D eigenvalue weighted by Gasteiger charge is 2.21. The predicted octanol–water partition coefficient (Wildman–Crippen LogP) is -0.0913. The van der Waals surface area contributed by atoms with E-state index in [-0.39, 0.29) is 12.7 Å². The first-order valence-electron chi connectivity index (χ1n) is 3.75. The molecule has 0 bridgehead atoms. The van der Waals surface area contributed by atoms with Crippen molar-refractivity contribution in [1.82, 2.24) is 0 Å². The van der Waals surface area contributed by atoms with Gasteiger partial charge in [-0.2, -0.15) is 0 Å². The molecule has 2 atom stereocenters. The van der Waals surface area contributed by atoms with E-state index in [1.54, 1.807) is 0 Å². The maximum absolute atomic E-state index is 9.11. The zero-order valence-corrected chi connectivity index (χ0v) is 5.99. The Morgan fingerprint density at radius 1 is 1.50 bits per heavy atom. The Kier molecular flexibility index (Phi) is 3.12. The van der Waals surface area contributed by atoms with Crippen LogP contribution in [0.4, 0.5) is 0 Å². The number of hydrogen-bond donors (Lipinski definition) is 2. The summed E-state index contributed by atoms with van der Waals surface area (Å²) >= 11 is 0. The normalized spacial score (nSPS) is 30.0. The molecule has 2 N–H and O–H groups in total. The van der Waals surface area contributed by atoms with Crippen molar-refractivity contribution >= 4 is 0 Å². The molecule has 1 fully saturated rings. The maximum atomic E-state index is 9.11. The third kappa shape index (κ3) is 1.94. The summed E-state index contributed by atoms with van der Waals surface area (Å²) in [5, 5.41) is 17.7. The van der Waals surface area contributed by atoms with Gasteiger partial charge in [0, 0.05) is 6.61 Å². The Hall–Kier alpha value is -0.120. The Bertz CT molecular complexity index is 88.9. The zero-order valence-electron chi connectivity index (χ0n) is 5.99. The molecule has 1 heterocycles. The van der Waals surface area contributed by atoms with Gasteiger partial charge in [0.1, 0.15) is 6.10 Å². The van der Waals surface area contributed by atoms with Gasteiger partial charge in [0.2, 0.25) is 0 Å². The van der Waals surface area contributed by atoms with E-state index < -0.39 is 6.10 Å². The van der Waals surface area contributed by atoms with Gasteiger partial charge in [-0.15, -0.1) is 0 Å². The highest BCUT2D eigenvalue weighted by molar-refractivity contribution is 4.70. The Morgan fingerprint density at radius 2 is 2.30 bits per heavy atom. The van der Waals surface area contributed by atoms with Crippen molar-refractivity contribution in [3.8, 4) is 0 Å². The molecular weight excluding hydrogens is 132 g/mol. The first kappa shape index (κ1) is 7.98. The molecular formula is C7H14O3. The van der Waals surface area contributed by atoms with E-state index in [1.807, 2.05) is 0 Å². The van der Waals surface area contributed by atoms with Crippen LogP contribution in [0.15, 0.2) is 0 Å². The van der Waals surface area contributed by atoms with Crippen LogP contribution in [0.1, 0.15) is 19.3 Å². The molecule has 60 valence electrons. The summed E-state index contributed by atoms with van der Waals surface area (Å²) in [7, 11) is 0. The fourth-order valence-electron chi connectivity index (χ4n) is 1.19. The van der Waals surface area contributed by atoms with Gasteiger partial charge in [0.25, 0.3) is 0 Å². The fraction of sp³-hybridized carbons (Fsp3) is 1.00. The lowest BCUT2D eigenvalue weighted by Crippen LogP contribution is -2.34. The summed E-state index contributed by atoms with van der Waals surface area (Å²) in [6.07, 6.45) is 2.25. The van der Waals surface area contributed by atoms with Gasteiger partial charge in [-0.05, 0) is 19.3 Å². The maximum Gasteiger partial charge on any atom is 0.103 e. The molecule has 1 saturated heterocycles. The first-order chi connectivity index (χ1) is 4.84. The topological polar surface area (TPSA) is 49.7 Å². The number of rotatable bonds is 2. The van der Waals surface area contributed by atoms with Crippen molar-refractivity contribution in [2.45, 2.75) is 31.5 Å². The molecule has 1 aliphatic heterocycles. The van der Waals surface area contributed by atoms with Crippen LogP contribution in [0.3, 0.4) is 0 Å². The van der Waals surface area contributed by atoms with Crippen LogP contribution in [-0.2, 0) is 4.74 Å². The minimum Gasteiger partial charge on any atom is -0.394 e. The fourth-order valence-corrected chi connectivity index (χ4v) is 1.19.